The molecular weight excluding hydrogens is 268 g/mol. The summed E-state index contributed by atoms with van der Waals surface area (Å²) < 4.78 is 2.67. The van der Waals surface area contributed by atoms with Gasteiger partial charge in [-0.1, -0.05) is 32.0 Å². The quantitative estimate of drug-likeness (QED) is 0.859. The fraction of sp³-hybridized carbons (Fsp3) is 0.467. The van der Waals surface area contributed by atoms with Crippen molar-refractivity contribution in [2.45, 2.75) is 26.7 Å². The zero-order valence-corrected chi connectivity index (χ0v) is 12.8. The summed E-state index contributed by atoms with van der Waals surface area (Å²) in [6, 6.07) is 10.2. The average molecular weight is 288 g/mol. The predicted octanol–water partition coefficient (Wildman–Crippen LogP) is 3.56. The molecule has 4 nitrogen and oxygen atoms in total. The van der Waals surface area contributed by atoms with E-state index in [-0.39, 0.29) is 0 Å². The topological polar surface area (TPSA) is 36.9 Å². The van der Waals surface area contributed by atoms with E-state index in [2.05, 4.69) is 41.1 Å². The van der Waals surface area contributed by atoms with Crippen molar-refractivity contribution in [2.75, 3.05) is 18.0 Å². The molecule has 0 unspecified atom stereocenters. The van der Waals surface area contributed by atoms with E-state index in [1.807, 2.05) is 22.8 Å². The third kappa shape index (κ3) is 2.50. The lowest BCUT2D eigenvalue weighted by molar-refractivity contribution is 0.278. The van der Waals surface area contributed by atoms with Gasteiger partial charge < -0.3 is 4.90 Å². The second-order valence-electron chi connectivity index (χ2n) is 6.15. The van der Waals surface area contributed by atoms with E-state index < -0.39 is 0 Å². The van der Waals surface area contributed by atoms with Gasteiger partial charge in [-0.25, -0.2) is 5.10 Å². The molecule has 1 aliphatic heterocycles. The molecule has 3 rings (SSSR count). The third-order valence-electron chi connectivity index (χ3n) is 4.07. The molecule has 1 fully saturated rings. The van der Waals surface area contributed by atoms with Crippen LogP contribution in [0.5, 0.6) is 0 Å². The monoisotopic (exact) mass is 288 g/mol. The molecule has 0 saturated carbocycles. The minimum absolute atomic E-state index is 0.432. The summed E-state index contributed by atoms with van der Waals surface area (Å²) in [6.07, 6.45) is 2.36. The van der Waals surface area contributed by atoms with E-state index in [1.165, 1.54) is 12.8 Å². The Bertz CT molecular complexity index is 631. The Morgan fingerprint density at radius 2 is 1.80 bits per heavy atom. The van der Waals surface area contributed by atoms with Crippen LogP contribution in [0.2, 0.25) is 0 Å². The number of rotatable bonds is 2. The molecule has 106 valence electrons. The molecule has 0 spiro atoms. The van der Waals surface area contributed by atoms with Gasteiger partial charge in [0, 0.05) is 13.1 Å². The van der Waals surface area contributed by atoms with Gasteiger partial charge in [-0.3, -0.25) is 4.57 Å². The lowest BCUT2D eigenvalue weighted by Gasteiger charge is -2.37. The molecule has 1 aromatic carbocycles. The van der Waals surface area contributed by atoms with E-state index in [9.17, 15) is 0 Å². The lowest BCUT2D eigenvalue weighted by atomic mass is 9.83. The van der Waals surface area contributed by atoms with Gasteiger partial charge >= 0.3 is 0 Å². The lowest BCUT2D eigenvalue weighted by Crippen LogP contribution is -2.38. The zero-order chi connectivity index (χ0) is 14.2. The van der Waals surface area contributed by atoms with E-state index in [0.717, 1.165) is 24.7 Å². The molecule has 2 aromatic rings. The first-order valence-corrected chi connectivity index (χ1v) is 7.45. The minimum atomic E-state index is 0.432. The van der Waals surface area contributed by atoms with E-state index >= 15 is 0 Å². The first-order valence-electron chi connectivity index (χ1n) is 7.05. The van der Waals surface area contributed by atoms with Crippen LogP contribution < -0.4 is 4.90 Å². The van der Waals surface area contributed by atoms with Crippen molar-refractivity contribution in [3.05, 3.63) is 35.1 Å². The van der Waals surface area contributed by atoms with Crippen molar-refractivity contribution < 1.29 is 0 Å². The maximum absolute atomic E-state index is 5.39. The number of benzene rings is 1. The highest BCUT2D eigenvalue weighted by Crippen LogP contribution is 2.32. The number of H-pyrrole nitrogens is 1. The van der Waals surface area contributed by atoms with Gasteiger partial charge in [-0.05, 0) is 42.6 Å². The molecule has 0 bridgehead atoms. The summed E-state index contributed by atoms with van der Waals surface area (Å²) in [7, 11) is 0. The van der Waals surface area contributed by atoms with Crippen LogP contribution in [0, 0.1) is 10.2 Å². The van der Waals surface area contributed by atoms with Gasteiger partial charge in [0.25, 0.3) is 0 Å². The summed E-state index contributed by atoms with van der Waals surface area (Å²) >= 11 is 5.39. The van der Waals surface area contributed by atoms with Gasteiger partial charge in [0.2, 0.25) is 10.7 Å². The Balaban J connectivity index is 1.94. The van der Waals surface area contributed by atoms with Crippen LogP contribution in [0.1, 0.15) is 26.7 Å². The normalized spacial score (nSPS) is 18.2. The molecule has 0 atom stereocenters. The summed E-state index contributed by atoms with van der Waals surface area (Å²) in [5, 5.41) is 7.36. The van der Waals surface area contributed by atoms with Crippen molar-refractivity contribution in [3.8, 4) is 5.69 Å². The van der Waals surface area contributed by atoms with E-state index in [1.54, 1.807) is 0 Å². The highest BCUT2D eigenvalue weighted by atomic mass is 32.1. The molecule has 1 N–H and O–H groups in total. The maximum atomic E-state index is 5.39. The van der Waals surface area contributed by atoms with Crippen molar-refractivity contribution in [1.82, 2.24) is 14.8 Å². The van der Waals surface area contributed by atoms with Gasteiger partial charge in [-0.2, -0.15) is 0 Å². The number of nitrogens with zero attached hydrogens (tertiary/aromatic N) is 3. The van der Waals surface area contributed by atoms with Gasteiger partial charge in [-0.15, -0.1) is 5.10 Å². The molecular formula is C15H20N4S. The minimum Gasteiger partial charge on any atom is -0.341 e. The van der Waals surface area contributed by atoms with Crippen molar-refractivity contribution in [3.63, 3.8) is 0 Å². The second-order valence-corrected chi connectivity index (χ2v) is 6.54. The molecule has 1 aliphatic rings. The van der Waals surface area contributed by atoms with Crippen LogP contribution in [0.3, 0.4) is 0 Å². The fourth-order valence-corrected chi connectivity index (χ4v) is 2.86. The van der Waals surface area contributed by atoms with Crippen LogP contribution in [0.4, 0.5) is 5.95 Å². The number of piperidine rings is 1. The fourth-order valence-electron chi connectivity index (χ4n) is 2.62. The Hall–Kier alpha value is -1.62. The van der Waals surface area contributed by atoms with Crippen LogP contribution in [0.25, 0.3) is 5.69 Å². The smallest absolute Gasteiger partial charge is 0.230 e. The van der Waals surface area contributed by atoms with Crippen LogP contribution in [0.15, 0.2) is 30.3 Å². The molecule has 1 aromatic heterocycles. The molecule has 1 saturated heterocycles. The third-order valence-corrected chi connectivity index (χ3v) is 4.34. The molecule has 0 aliphatic carbocycles. The second kappa shape index (κ2) is 5.05. The predicted molar refractivity (Wildman–Crippen MR) is 84.0 cm³/mol. The van der Waals surface area contributed by atoms with Gasteiger partial charge in [0.1, 0.15) is 0 Å². The molecule has 0 radical (unpaired) electrons. The molecule has 2 heterocycles. The van der Waals surface area contributed by atoms with Crippen LogP contribution in [-0.2, 0) is 0 Å². The first-order chi connectivity index (χ1) is 9.57. The number of aromatic amines is 1. The molecule has 20 heavy (non-hydrogen) atoms. The van der Waals surface area contributed by atoms with Crippen molar-refractivity contribution >= 4 is 18.2 Å². The number of para-hydroxylation sites is 1. The summed E-state index contributed by atoms with van der Waals surface area (Å²) in [4.78, 5) is 2.32. The van der Waals surface area contributed by atoms with Crippen molar-refractivity contribution in [1.29, 1.82) is 0 Å². The van der Waals surface area contributed by atoms with Crippen molar-refractivity contribution in [2.24, 2.45) is 5.41 Å². The summed E-state index contributed by atoms with van der Waals surface area (Å²) in [5.74, 6) is 0.928. The molecule has 5 heteroatoms. The number of hydrogen-bond acceptors (Lipinski definition) is 3. The summed E-state index contributed by atoms with van der Waals surface area (Å²) in [6.45, 7) is 6.72. The zero-order valence-electron chi connectivity index (χ0n) is 12.0. The number of anilines is 1. The Labute approximate surface area is 124 Å². The highest BCUT2D eigenvalue weighted by molar-refractivity contribution is 7.71. The highest BCUT2D eigenvalue weighted by Gasteiger charge is 2.27. The Morgan fingerprint density at radius 3 is 2.45 bits per heavy atom. The first kappa shape index (κ1) is 13.4. The number of hydrogen-bond donors (Lipinski definition) is 1. The van der Waals surface area contributed by atoms with Crippen LogP contribution in [-0.4, -0.2) is 27.9 Å². The average Bonchev–Trinajstić information content (AvgIpc) is 2.82. The standard InChI is InChI=1S/C15H20N4S/c1-15(2)8-10-18(11-9-15)13-16-17-14(20)19(13)12-6-4-3-5-7-12/h3-7H,8-11H2,1-2H3,(H,17,20). The Morgan fingerprint density at radius 1 is 1.15 bits per heavy atom. The number of aromatic nitrogens is 3. The van der Waals surface area contributed by atoms with E-state index in [4.69, 9.17) is 12.2 Å². The van der Waals surface area contributed by atoms with Gasteiger partial charge in [0.15, 0.2) is 0 Å². The van der Waals surface area contributed by atoms with E-state index in [0.29, 0.717) is 10.2 Å². The van der Waals surface area contributed by atoms with Crippen LogP contribution >= 0.6 is 12.2 Å². The summed E-state index contributed by atoms with van der Waals surface area (Å²) in [5.41, 5.74) is 1.49. The van der Waals surface area contributed by atoms with Gasteiger partial charge in [0.05, 0.1) is 5.69 Å². The Kier molecular flexibility index (Phi) is 3.38. The maximum Gasteiger partial charge on any atom is 0.230 e. The SMILES string of the molecule is CC1(C)CCN(c2n[nH]c(=S)n2-c2ccccc2)CC1. The molecule has 0 amide bonds. The largest absolute Gasteiger partial charge is 0.341 e. The number of nitrogens with one attached hydrogen (secondary N) is 1.